The molecule has 0 fully saturated rings. The largest absolute Gasteiger partial charge is 0.511 e. The van der Waals surface area contributed by atoms with E-state index in [0.717, 1.165) is 12.1 Å². The maximum atomic E-state index is 12.8. The fourth-order valence-electron chi connectivity index (χ4n) is 1.61. The molecule has 0 saturated heterocycles. The SMILES string of the molecule is O=C(O)OC1=Cc2c(Cl)cc(Cl)cc2OC1C(F)(F)F. The number of fused-ring (bicyclic) bond motifs is 1. The summed E-state index contributed by atoms with van der Waals surface area (Å²) in [4.78, 5) is 10.5. The van der Waals surface area contributed by atoms with Crippen molar-refractivity contribution in [3.05, 3.63) is 33.5 Å². The van der Waals surface area contributed by atoms with Crippen molar-refractivity contribution in [1.82, 2.24) is 0 Å². The molecule has 0 bridgehead atoms. The van der Waals surface area contributed by atoms with Crippen molar-refractivity contribution in [3.63, 3.8) is 0 Å². The molecule has 2 rings (SSSR count). The summed E-state index contributed by atoms with van der Waals surface area (Å²) in [7, 11) is 0. The first-order chi connectivity index (χ1) is 9.18. The van der Waals surface area contributed by atoms with Crippen LogP contribution in [0.2, 0.25) is 10.0 Å². The minimum atomic E-state index is -4.85. The second-order valence-electron chi connectivity index (χ2n) is 3.75. The molecule has 1 aromatic carbocycles. The molecule has 0 aliphatic carbocycles. The second-order valence-corrected chi connectivity index (χ2v) is 4.60. The third kappa shape index (κ3) is 2.94. The maximum Gasteiger partial charge on any atom is 0.511 e. The summed E-state index contributed by atoms with van der Waals surface area (Å²) in [5, 5.41) is 8.57. The maximum absolute atomic E-state index is 12.8. The van der Waals surface area contributed by atoms with Crippen LogP contribution in [0.25, 0.3) is 6.08 Å². The van der Waals surface area contributed by atoms with Crippen molar-refractivity contribution in [2.24, 2.45) is 0 Å². The molecule has 4 nitrogen and oxygen atoms in total. The van der Waals surface area contributed by atoms with Crippen LogP contribution in [0.1, 0.15) is 5.56 Å². The molecule has 1 aliphatic heterocycles. The van der Waals surface area contributed by atoms with E-state index in [1.807, 2.05) is 0 Å². The van der Waals surface area contributed by atoms with Gasteiger partial charge in [0.25, 0.3) is 6.10 Å². The summed E-state index contributed by atoms with van der Waals surface area (Å²) in [6, 6.07) is 2.43. The van der Waals surface area contributed by atoms with Crippen LogP contribution in [0, 0.1) is 0 Å². The Morgan fingerprint density at radius 1 is 1.35 bits per heavy atom. The van der Waals surface area contributed by atoms with Crippen molar-refractivity contribution < 1.29 is 32.5 Å². The quantitative estimate of drug-likeness (QED) is 0.778. The highest BCUT2D eigenvalue weighted by atomic mass is 35.5. The molecule has 0 aromatic heterocycles. The Kier molecular flexibility index (Phi) is 3.75. The van der Waals surface area contributed by atoms with Crippen LogP contribution in [-0.4, -0.2) is 23.5 Å². The molecule has 0 radical (unpaired) electrons. The van der Waals surface area contributed by atoms with Crippen molar-refractivity contribution in [1.29, 1.82) is 0 Å². The Labute approximate surface area is 120 Å². The minimum absolute atomic E-state index is 0.0135. The number of hydrogen-bond donors (Lipinski definition) is 1. The molecule has 1 aromatic rings. The Hall–Kier alpha value is -1.60. The number of benzene rings is 1. The number of halogens is 5. The first-order valence-corrected chi connectivity index (χ1v) is 5.79. The lowest BCUT2D eigenvalue weighted by atomic mass is 10.1. The predicted molar refractivity (Wildman–Crippen MR) is 64.0 cm³/mol. The van der Waals surface area contributed by atoms with E-state index in [0.29, 0.717) is 0 Å². The third-order valence-corrected chi connectivity index (χ3v) is 2.88. The summed E-state index contributed by atoms with van der Waals surface area (Å²) in [6.45, 7) is 0. The standard InChI is InChI=1S/C11H5Cl2F3O4/c12-4-1-6(13)5-3-8(20-10(17)18)9(11(14,15)16)19-7(5)2-4/h1-3,9H,(H,17,18). The van der Waals surface area contributed by atoms with E-state index in [9.17, 15) is 18.0 Å². The average Bonchev–Trinajstić information content (AvgIpc) is 2.27. The number of rotatable bonds is 1. The van der Waals surface area contributed by atoms with Gasteiger partial charge in [0, 0.05) is 10.6 Å². The van der Waals surface area contributed by atoms with E-state index in [-0.39, 0.29) is 21.4 Å². The minimum Gasteiger partial charge on any atom is -0.472 e. The van der Waals surface area contributed by atoms with Crippen LogP contribution in [0.15, 0.2) is 17.9 Å². The summed E-state index contributed by atoms with van der Waals surface area (Å²) in [5.41, 5.74) is 0.0628. The van der Waals surface area contributed by atoms with Crippen LogP contribution in [0.3, 0.4) is 0 Å². The molecule has 0 saturated carbocycles. The normalized spacial score (nSPS) is 17.9. The second kappa shape index (κ2) is 5.06. The van der Waals surface area contributed by atoms with Gasteiger partial charge in [0.2, 0.25) is 0 Å². The number of hydrogen-bond acceptors (Lipinski definition) is 3. The van der Waals surface area contributed by atoms with E-state index in [2.05, 4.69) is 4.74 Å². The van der Waals surface area contributed by atoms with Gasteiger partial charge in [-0.1, -0.05) is 23.2 Å². The van der Waals surface area contributed by atoms with Gasteiger partial charge in [0.05, 0.1) is 5.02 Å². The smallest absolute Gasteiger partial charge is 0.472 e. The molecule has 0 spiro atoms. The van der Waals surface area contributed by atoms with Crippen LogP contribution in [0.5, 0.6) is 5.75 Å². The third-order valence-electron chi connectivity index (χ3n) is 2.35. The number of carbonyl (C=O) groups is 1. The van der Waals surface area contributed by atoms with Crippen molar-refractivity contribution in [3.8, 4) is 5.75 Å². The van der Waals surface area contributed by atoms with E-state index < -0.39 is 24.2 Å². The molecular formula is C11H5Cl2F3O4. The zero-order chi connectivity index (χ0) is 15.1. The van der Waals surface area contributed by atoms with Gasteiger partial charge in [0.15, 0.2) is 5.76 Å². The molecule has 1 aliphatic rings. The van der Waals surface area contributed by atoms with Crippen molar-refractivity contribution in [2.45, 2.75) is 12.3 Å². The van der Waals surface area contributed by atoms with Gasteiger partial charge in [-0.2, -0.15) is 13.2 Å². The molecule has 0 amide bonds. The average molecular weight is 329 g/mol. The zero-order valence-electron chi connectivity index (χ0n) is 9.37. The first kappa shape index (κ1) is 14.8. The van der Waals surface area contributed by atoms with E-state index in [1.54, 1.807) is 0 Å². The van der Waals surface area contributed by atoms with Crippen molar-refractivity contribution >= 4 is 35.4 Å². The monoisotopic (exact) mass is 328 g/mol. The molecule has 108 valence electrons. The van der Waals surface area contributed by atoms with E-state index in [4.69, 9.17) is 33.0 Å². The van der Waals surface area contributed by atoms with Crippen LogP contribution < -0.4 is 4.74 Å². The summed E-state index contributed by atoms with van der Waals surface area (Å²) in [6.07, 6.45) is -8.42. The Morgan fingerprint density at radius 2 is 2.00 bits per heavy atom. The van der Waals surface area contributed by atoms with Crippen LogP contribution >= 0.6 is 23.2 Å². The molecule has 1 heterocycles. The van der Waals surface area contributed by atoms with Crippen molar-refractivity contribution in [2.75, 3.05) is 0 Å². The Balaban J connectivity index is 2.53. The fraction of sp³-hybridized carbons (Fsp3) is 0.182. The number of alkyl halides is 3. The summed E-state index contributed by atoms with van der Waals surface area (Å²) < 4.78 is 47.3. The fourth-order valence-corrected chi connectivity index (χ4v) is 2.14. The van der Waals surface area contributed by atoms with E-state index in [1.165, 1.54) is 6.07 Å². The number of carboxylic acid groups (broad SMARTS) is 1. The lowest BCUT2D eigenvalue weighted by Gasteiger charge is -2.27. The molecule has 1 unspecified atom stereocenters. The van der Waals surface area contributed by atoms with Gasteiger partial charge in [-0.25, -0.2) is 4.79 Å². The van der Waals surface area contributed by atoms with Gasteiger partial charge < -0.3 is 14.6 Å². The molecule has 1 atom stereocenters. The topological polar surface area (TPSA) is 55.8 Å². The van der Waals surface area contributed by atoms with Gasteiger partial charge in [-0.3, -0.25) is 0 Å². The van der Waals surface area contributed by atoms with Gasteiger partial charge in [-0.15, -0.1) is 0 Å². The van der Waals surface area contributed by atoms with Gasteiger partial charge in [-0.05, 0) is 18.2 Å². The van der Waals surface area contributed by atoms with Gasteiger partial charge >= 0.3 is 12.3 Å². The Bertz CT molecular complexity index is 598. The molecular weight excluding hydrogens is 324 g/mol. The predicted octanol–water partition coefficient (Wildman–Crippen LogP) is 4.35. The number of ether oxygens (including phenoxy) is 2. The lowest BCUT2D eigenvalue weighted by molar-refractivity contribution is -0.191. The highest BCUT2D eigenvalue weighted by Crippen LogP contribution is 2.41. The highest BCUT2D eigenvalue weighted by Gasteiger charge is 2.48. The lowest BCUT2D eigenvalue weighted by Crippen LogP contribution is -2.39. The highest BCUT2D eigenvalue weighted by molar-refractivity contribution is 6.36. The summed E-state index contributed by atoms with van der Waals surface area (Å²) in [5.74, 6) is -1.12. The zero-order valence-corrected chi connectivity index (χ0v) is 10.9. The molecule has 9 heteroatoms. The molecule has 1 N–H and O–H groups in total. The van der Waals surface area contributed by atoms with Crippen LogP contribution in [-0.2, 0) is 4.74 Å². The van der Waals surface area contributed by atoms with Gasteiger partial charge in [0.1, 0.15) is 5.75 Å². The molecule has 20 heavy (non-hydrogen) atoms. The summed E-state index contributed by atoms with van der Waals surface area (Å²) >= 11 is 11.5. The van der Waals surface area contributed by atoms with Crippen LogP contribution in [0.4, 0.5) is 18.0 Å². The Morgan fingerprint density at radius 3 is 2.55 bits per heavy atom. The van der Waals surface area contributed by atoms with E-state index >= 15 is 0 Å². The first-order valence-electron chi connectivity index (χ1n) is 5.03.